The fourth-order valence-electron chi connectivity index (χ4n) is 5.94. The van der Waals surface area contributed by atoms with Gasteiger partial charge in [0.15, 0.2) is 0 Å². The van der Waals surface area contributed by atoms with Crippen molar-refractivity contribution >= 4 is 46.8 Å². The van der Waals surface area contributed by atoms with Gasteiger partial charge in [0.25, 0.3) is 5.91 Å². The third-order valence-electron chi connectivity index (χ3n) is 7.38. The lowest BCUT2D eigenvalue weighted by Gasteiger charge is -2.39. The fraction of sp³-hybridized carbons (Fsp3) is 0.500. The van der Waals surface area contributed by atoms with E-state index in [-0.39, 0.29) is 36.8 Å². The molecule has 3 aliphatic heterocycles. The van der Waals surface area contributed by atoms with Crippen molar-refractivity contribution in [1.82, 2.24) is 4.90 Å². The van der Waals surface area contributed by atoms with Gasteiger partial charge in [0.2, 0.25) is 5.91 Å². The molecule has 1 spiro atoms. The Kier molecular flexibility index (Phi) is 7.64. The first-order chi connectivity index (χ1) is 16.9. The third kappa shape index (κ3) is 4.09. The van der Waals surface area contributed by atoms with Gasteiger partial charge in [0, 0.05) is 11.8 Å². The van der Waals surface area contributed by atoms with Gasteiger partial charge >= 0.3 is 5.97 Å². The lowest BCUT2D eigenvalue weighted by molar-refractivity contribution is -0.153. The Bertz CT molecular complexity index is 1030. The number of para-hydroxylation sites is 1. The van der Waals surface area contributed by atoms with Gasteiger partial charge in [0.1, 0.15) is 12.6 Å². The number of benzene rings is 1. The number of esters is 1. The van der Waals surface area contributed by atoms with Crippen molar-refractivity contribution in [3.8, 4) is 0 Å². The van der Waals surface area contributed by atoms with Crippen LogP contribution >= 0.6 is 23.4 Å². The smallest absolute Gasteiger partial charge is 0.311 e. The standard InChI is InChI=1S/C26H31ClN2O5S/c1-4-13-28(18-10-8-7-9-17(18)27)24(32)22-26-12-11-19(35-26)20(25(33)34-14-5-2)21(26)23(31)29(22)16(6-3)15-30/h4-5,7-10,16,19-22,30H,1-2,6,11-15H2,3H3/t16-,19+,20-,21-,22?,26?/m0/s1. The molecule has 2 bridgehead atoms. The molecule has 7 nitrogen and oxygen atoms in total. The summed E-state index contributed by atoms with van der Waals surface area (Å²) in [6, 6.07) is 5.67. The van der Waals surface area contributed by atoms with Gasteiger partial charge < -0.3 is 19.6 Å². The molecule has 9 heteroatoms. The Morgan fingerprint density at radius 1 is 1.37 bits per heavy atom. The number of nitrogens with zero attached hydrogens (tertiary/aromatic N) is 2. The summed E-state index contributed by atoms with van der Waals surface area (Å²) < 4.78 is 4.60. The van der Waals surface area contributed by atoms with E-state index in [1.807, 2.05) is 6.92 Å². The Morgan fingerprint density at radius 3 is 2.74 bits per heavy atom. The van der Waals surface area contributed by atoms with E-state index in [9.17, 15) is 19.5 Å². The highest BCUT2D eigenvalue weighted by atomic mass is 35.5. The maximum absolute atomic E-state index is 14.4. The Labute approximate surface area is 215 Å². The molecular weight excluding hydrogens is 488 g/mol. The molecule has 188 valence electrons. The van der Waals surface area contributed by atoms with Crippen molar-refractivity contribution in [2.24, 2.45) is 11.8 Å². The van der Waals surface area contributed by atoms with Crippen LogP contribution in [0.1, 0.15) is 26.2 Å². The lowest BCUT2D eigenvalue weighted by Crippen LogP contribution is -2.57. The Hall–Kier alpha value is -2.29. The van der Waals surface area contributed by atoms with E-state index in [2.05, 4.69) is 13.2 Å². The summed E-state index contributed by atoms with van der Waals surface area (Å²) in [6.07, 6.45) is 4.93. The first kappa shape index (κ1) is 25.8. The highest BCUT2D eigenvalue weighted by molar-refractivity contribution is 8.02. The van der Waals surface area contributed by atoms with Crippen molar-refractivity contribution < 1.29 is 24.2 Å². The van der Waals surface area contributed by atoms with E-state index < -0.39 is 34.6 Å². The van der Waals surface area contributed by atoms with Crippen LogP contribution in [0, 0.1) is 11.8 Å². The van der Waals surface area contributed by atoms with Crippen molar-refractivity contribution in [3.05, 3.63) is 54.6 Å². The number of hydrogen-bond acceptors (Lipinski definition) is 6. The van der Waals surface area contributed by atoms with Gasteiger partial charge in [0.05, 0.1) is 39.9 Å². The summed E-state index contributed by atoms with van der Waals surface area (Å²) in [5.41, 5.74) is 0.530. The molecule has 3 fully saturated rings. The number of aliphatic hydroxyl groups is 1. The topological polar surface area (TPSA) is 87.1 Å². The van der Waals surface area contributed by atoms with Crippen molar-refractivity contribution in [2.75, 3.05) is 24.7 Å². The Balaban J connectivity index is 1.81. The van der Waals surface area contributed by atoms with E-state index in [4.69, 9.17) is 16.3 Å². The monoisotopic (exact) mass is 518 g/mol. The zero-order chi connectivity index (χ0) is 25.3. The average molecular weight is 519 g/mol. The number of anilines is 1. The van der Waals surface area contributed by atoms with Crippen LogP contribution in [0.25, 0.3) is 0 Å². The molecule has 2 amide bonds. The lowest BCUT2D eigenvalue weighted by atomic mass is 9.71. The normalized spacial score (nSPS) is 29.6. The number of carbonyl (C=O) groups excluding carboxylic acids is 3. The number of aliphatic hydroxyl groups excluding tert-OH is 1. The largest absolute Gasteiger partial charge is 0.461 e. The third-order valence-corrected chi connectivity index (χ3v) is 9.66. The van der Waals surface area contributed by atoms with Crippen LogP contribution in [0.3, 0.4) is 0 Å². The molecule has 0 aliphatic carbocycles. The molecule has 1 aromatic rings. The van der Waals surface area contributed by atoms with E-state index >= 15 is 0 Å². The van der Waals surface area contributed by atoms with Crippen LogP contribution in [0.15, 0.2) is 49.6 Å². The van der Waals surface area contributed by atoms with E-state index in [0.29, 0.717) is 30.0 Å². The average Bonchev–Trinajstić information content (AvgIpc) is 3.50. The fourth-order valence-corrected chi connectivity index (χ4v) is 8.36. The number of rotatable bonds is 10. The van der Waals surface area contributed by atoms with Crippen LogP contribution < -0.4 is 4.90 Å². The zero-order valence-electron chi connectivity index (χ0n) is 19.8. The van der Waals surface area contributed by atoms with Crippen LogP contribution in [0.4, 0.5) is 5.69 Å². The minimum Gasteiger partial charge on any atom is -0.461 e. The predicted octanol–water partition coefficient (Wildman–Crippen LogP) is 3.45. The first-order valence-electron chi connectivity index (χ1n) is 11.9. The number of halogens is 1. The summed E-state index contributed by atoms with van der Waals surface area (Å²) in [5, 5.41) is 10.5. The van der Waals surface area contributed by atoms with Crippen molar-refractivity contribution in [2.45, 2.75) is 48.3 Å². The first-order valence-corrected chi connectivity index (χ1v) is 13.2. The second-order valence-electron chi connectivity index (χ2n) is 9.15. The maximum Gasteiger partial charge on any atom is 0.311 e. The second kappa shape index (κ2) is 10.4. The van der Waals surface area contributed by atoms with E-state index in [0.717, 1.165) is 0 Å². The van der Waals surface area contributed by atoms with Gasteiger partial charge in [-0.1, -0.05) is 49.4 Å². The number of amides is 2. The zero-order valence-corrected chi connectivity index (χ0v) is 21.3. The van der Waals surface area contributed by atoms with E-state index in [1.54, 1.807) is 51.9 Å². The quantitative estimate of drug-likeness (QED) is 0.377. The Morgan fingerprint density at radius 2 is 2.11 bits per heavy atom. The highest BCUT2D eigenvalue weighted by Gasteiger charge is 2.74. The highest BCUT2D eigenvalue weighted by Crippen LogP contribution is 2.67. The summed E-state index contributed by atoms with van der Waals surface area (Å²) in [4.78, 5) is 44.5. The van der Waals surface area contributed by atoms with Crippen LogP contribution in [0.2, 0.25) is 5.02 Å². The molecule has 35 heavy (non-hydrogen) atoms. The van der Waals surface area contributed by atoms with Gasteiger partial charge in [-0.3, -0.25) is 14.4 Å². The number of thioether (sulfide) groups is 1. The second-order valence-corrected chi connectivity index (χ2v) is 11.2. The van der Waals surface area contributed by atoms with Crippen molar-refractivity contribution in [1.29, 1.82) is 0 Å². The molecule has 1 aromatic carbocycles. The number of hydrogen-bond donors (Lipinski definition) is 1. The summed E-state index contributed by atoms with van der Waals surface area (Å²) >= 11 is 8.03. The van der Waals surface area contributed by atoms with Crippen molar-refractivity contribution in [3.63, 3.8) is 0 Å². The molecule has 3 saturated heterocycles. The molecule has 6 atom stereocenters. The number of fused-ring (bicyclic) bond motifs is 1. The number of ether oxygens (including phenoxy) is 1. The van der Waals surface area contributed by atoms with Crippen LogP contribution in [-0.2, 0) is 19.1 Å². The summed E-state index contributed by atoms with van der Waals surface area (Å²) in [6.45, 7) is 9.28. The van der Waals surface area contributed by atoms with Crippen LogP contribution in [-0.4, -0.2) is 69.6 Å². The number of carbonyl (C=O) groups is 3. The molecule has 2 unspecified atom stereocenters. The minimum absolute atomic E-state index is 0.0700. The van der Waals surface area contributed by atoms with Crippen LogP contribution in [0.5, 0.6) is 0 Å². The molecule has 0 saturated carbocycles. The van der Waals surface area contributed by atoms with Gasteiger partial charge in [-0.15, -0.1) is 18.3 Å². The van der Waals surface area contributed by atoms with Gasteiger partial charge in [-0.05, 0) is 31.4 Å². The maximum atomic E-state index is 14.4. The number of likely N-dealkylation sites (tertiary alicyclic amines) is 1. The molecule has 0 radical (unpaired) electrons. The minimum atomic E-state index is -0.847. The van der Waals surface area contributed by atoms with E-state index in [1.165, 1.54) is 6.08 Å². The molecule has 3 aliphatic rings. The molecule has 3 heterocycles. The molecule has 0 aromatic heterocycles. The predicted molar refractivity (Wildman–Crippen MR) is 137 cm³/mol. The van der Waals surface area contributed by atoms with Gasteiger partial charge in [-0.2, -0.15) is 0 Å². The molecule has 4 rings (SSSR count). The summed E-state index contributed by atoms with van der Waals surface area (Å²) in [7, 11) is 0. The molecular formula is C26H31ClN2O5S. The van der Waals surface area contributed by atoms with Gasteiger partial charge in [-0.25, -0.2) is 0 Å². The SMILES string of the molecule is C=CCOC(=O)[C@@H]1[C@H]2C(=O)N([C@@H](CC)CO)C(C(=O)N(CC=C)c3ccccc3Cl)C23CC[C@H]1S3. The summed E-state index contributed by atoms with van der Waals surface area (Å²) in [5.74, 6) is -2.30. The molecule has 1 N–H and O–H groups in total.